The monoisotopic (exact) mass is 375 g/mol. The maximum absolute atomic E-state index is 4.44. The van der Waals surface area contributed by atoms with Gasteiger partial charge >= 0.3 is 0 Å². The van der Waals surface area contributed by atoms with Gasteiger partial charge in [0.25, 0.3) is 0 Å². The number of fused-ring (bicyclic) bond motifs is 3. The number of rotatable bonds is 2. The smallest absolute Gasteiger partial charge is 0.142 e. The molecule has 5 nitrogen and oxygen atoms in total. The molecule has 0 fully saturated rings. The molecule has 5 heteroatoms. The van der Waals surface area contributed by atoms with E-state index in [4.69, 9.17) is 0 Å². The molecule has 0 saturated heterocycles. The number of likely N-dealkylation sites (N-methyl/N-ethyl adjacent to an activating group) is 2. The molecule has 0 saturated carbocycles. The highest BCUT2D eigenvalue weighted by Gasteiger charge is 2.43. The second kappa shape index (κ2) is 6.83. The molecular weight excluding hydrogens is 346 g/mol. The van der Waals surface area contributed by atoms with Gasteiger partial charge in [-0.15, -0.1) is 0 Å². The van der Waals surface area contributed by atoms with E-state index in [1.54, 1.807) is 20.9 Å². The lowest BCUT2D eigenvalue weighted by Gasteiger charge is -2.34. The minimum atomic E-state index is 0.345. The summed E-state index contributed by atoms with van der Waals surface area (Å²) in [7, 11) is 6.94. The first-order valence-corrected chi connectivity index (χ1v) is 10.3. The minimum Gasteiger partial charge on any atom is -0.350 e. The van der Waals surface area contributed by atoms with E-state index in [1.807, 2.05) is 12.4 Å². The summed E-state index contributed by atoms with van der Waals surface area (Å²) < 4.78 is 2.51. The third-order valence-electron chi connectivity index (χ3n) is 6.83. The van der Waals surface area contributed by atoms with Gasteiger partial charge in [0.1, 0.15) is 12.1 Å². The first-order valence-electron chi connectivity index (χ1n) is 10.3. The molecule has 28 heavy (non-hydrogen) atoms. The van der Waals surface area contributed by atoms with E-state index in [0.29, 0.717) is 12.1 Å². The van der Waals surface area contributed by atoms with Crippen molar-refractivity contribution in [3.05, 3.63) is 82.7 Å². The van der Waals surface area contributed by atoms with Crippen molar-refractivity contribution in [2.45, 2.75) is 24.9 Å². The Kier molecular flexibility index (Phi) is 4.29. The molecule has 0 aromatic carbocycles. The Morgan fingerprint density at radius 1 is 0.821 bits per heavy atom. The summed E-state index contributed by atoms with van der Waals surface area (Å²) in [5, 5.41) is 0. The highest BCUT2D eigenvalue weighted by atomic mass is 15.2. The average molecular weight is 376 g/mol. The summed E-state index contributed by atoms with van der Waals surface area (Å²) in [6.45, 7) is 2.31. The van der Waals surface area contributed by atoms with E-state index in [2.05, 4.69) is 72.3 Å². The highest BCUT2D eigenvalue weighted by Crippen LogP contribution is 2.38. The minimum absolute atomic E-state index is 0.345. The third kappa shape index (κ3) is 2.61. The number of hydrogen-bond acceptors (Lipinski definition) is 2. The molecule has 0 aliphatic carbocycles. The topological polar surface area (TPSA) is 39.6 Å². The van der Waals surface area contributed by atoms with Crippen LogP contribution in [-0.4, -0.2) is 41.7 Å². The van der Waals surface area contributed by atoms with Crippen LogP contribution in [0.4, 0.5) is 0 Å². The van der Waals surface area contributed by atoms with Gasteiger partial charge in [-0.3, -0.25) is 9.97 Å². The van der Waals surface area contributed by atoms with E-state index < -0.39 is 0 Å². The quantitative estimate of drug-likeness (QED) is 0.669. The summed E-state index contributed by atoms with van der Waals surface area (Å²) in [6.07, 6.45) is 10.1. The number of pyridine rings is 2. The molecule has 2 N–H and O–H groups in total. The lowest BCUT2D eigenvalue weighted by atomic mass is 9.84. The highest BCUT2D eigenvalue weighted by molar-refractivity contribution is 5.49. The zero-order valence-electron chi connectivity index (χ0n) is 16.9. The first kappa shape index (κ1) is 17.6. The fourth-order valence-corrected chi connectivity index (χ4v) is 5.49. The van der Waals surface area contributed by atoms with Crippen molar-refractivity contribution in [3.8, 4) is 0 Å². The van der Waals surface area contributed by atoms with Crippen LogP contribution in [0.2, 0.25) is 0 Å². The molecule has 0 radical (unpaired) electrons. The normalized spacial score (nSPS) is 26.5. The molecule has 0 amide bonds. The Balaban J connectivity index is 1.76. The molecule has 3 aromatic heterocycles. The van der Waals surface area contributed by atoms with Crippen molar-refractivity contribution >= 4 is 0 Å². The van der Waals surface area contributed by atoms with Crippen molar-refractivity contribution in [2.75, 3.05) is 27.2 Å². The van der Waals surface area contributed by atoms with Crippen molar-refractivity contribution < 1.29 is 9.80 Å². The number of nitrogens with one attached hydrogen (secondary N) is 2. The van der Waals surface area contributed by atoms with Gasteiger partial charge in [-0.05, 0) is 24.3 Å². The van der Waals surface area contributed by atoms with E-state index in [9.17, 15) is 0 Å². The third-order valence-corrected chi connectivity index (χ3v) is 6.83. The van der Waals surface area contributed by atoms with Gasteiger partial charge in [0.2, 0.25) is 0 Å². The second-order valence-corrected chi connectivity index (χ2v) is 8.41. The molecule has 5 heterocycles. The van der Waals surface area contributed by atoms with Crippen molar-refractivity contribution in [1.29, 1.82) is 0 Å². The molecule has 4 atom stereocenters. The Labute approximate surface area is 166 Å². The maximum Gasteiger partial charge on any atom is 0.142 e. The Morgan fingerprint density at radius 3 is 1.68 bits per heavy atom. The Morgan fingerprint density at radius 2 is 1.29 bits per heavy atom. The van der Waals surface area contributed by atoms with Crippen LogP contribution in [0.1, 0.15) is 45.7 Å². The van der Waals surface area contributed by atoms with Crippen molar-refractivity contribution in [3.63, 3.8) is 0 Å². The standard InChI is InChI=1S/C23H27N5/c1-26-12-8-18-20(22(26)16-6-4-10-24-14-16)21-19(28(18)3)9-13-27(2)23(21)17-7-5-11-25-15-17/h4-7,10-11,14-15,22-23H,8-9,12-13H2,1-3H3/p+2/t22-,23-/m1/s1. The molecule has 5 rings (SSSR count). The SMILES string of the molecule is Cn1c2c(c3c1CC[NH+](C)[C@@H]3c1cccnc1)[C@@H](c1cccnc1)[NH+](C)CC2. The van der Waals surface area contributed by atoms with Gasteiger partial charge in [0.05, 0.1) is 27.2 Å². The lowest BCUT2D eigenvalue weighted by Crippen LogP contribution is -3.11. The molecule has 2 aliphatic heterocycles. The molecule has 3 aromatic rings. The molecule has 2 unspecified atom stereocenters. The van der Waals surface area contributed by atoms with Crippen LogP contribution in [0, 0.1) is 0 Å². The first-order chi connectivity index (χ1) is 13.7. The molecule has 144 valence electrons. The number of aromatic nitrogens is 3. The summed E-state index contributed by atoms with van der Waals surface area (Å²) >= 11 is 0. The average Bonchev–Trinajstić information content (AvgIpc) is 3.01. The number of hydrogen-bond donors (Lipinski definition) is 2. The van der Waals surface area contributed by atoms with Crippen molar-refractivity contribution in [1.82, 2.24) is 14.5 Å². The largest absolute Gasteiger partial charge is 0.350 e. The van der Waals surface area contributed by atoms with Crippen LogP contribution in [0.15, 0.2) is 49.1 Å². The van der Waals surface area contributed by atoms with Gasteiger partial charge in [0, 0.05) is 78.3 Å². The van der Waals surface area contributed by atoms with Gasteiger partial charge < -0.3 is 14.4 Å². The maximum atomic E-state index is 4.44. The van der Waals surface area contributed by atoms with E-state index in [1.165, 1.54) is 22.5 Å². The predicted molar refractivity (Wildman–Crippen MR) is 108 cm³/mol. The Bertz CT molecular complexity index is 900. The summed E-state index contributed by atoms with van der Waals surface area (Å²) in [5.74, 6) is 0. The van der Waals surface area contributed by atoms with Gasteiger partial charge in [0.15, 0.2) is 0 Å². The second-order valence-electron chi connectivity index (χ2n) is 8.41. The van der Waals surface area contributed by atoms with Gasteiger partial charge in [-0.1, -0.05) is 0 Å². The summed E-state index contributed by atoms with van der Waals surface area (Å²) in [4.78, 5) is 12.0. The van der Waals surface area contributed by atoms with Crippen LogP contribution in [0.3, 0.4) is 0 Å². The fourth-order valence-electron chi connectivity index (χ4n) is 5.49. The van der Waals surface area contributed by atoms with Crippen LogP contribution in [0.25, 0.3) is 0 Å². The predicted octanol–water partition coefficient (Wildman–Crippen LogP) is 0.136. The van der Waals surface area contributed by atoms with E-state index in [-0.39, 0.29) is 0 Å². The van der Waals surface area contributed by atoms with Gasteiger partial charge in [-0.2, -0.15) is 0 Å². The molecule has 0 bridgehead atoms. The van der Waals surface area contributed by atoms with E-state index >= 15 is 0 Å². The van der Waals surface area contributed by atoms with Crippen LogP contribution in [0.5, 0.6) is 0 Å². The molecule has 0 spiro atoms. The van der Waals surface area contributed by atoms with Crippen LogP contribution < -0.4 is 9.80 Å². The molecular formula is C23H29N5+2. The Hall–Kier alpha value is -2.50. The van der Waals surface area contributed by atoms with E-state index in [0.717, 1.165) is 25.9 Å². The molecule has 2 aliphatic rings. The number of quaternary nitrogens is 2. The zero-order chi connectivity index (χ0) is 19.3. The van der Waals surface area contributed by atoms with Crippen LogP contribution >= 0.6 is 0 Å². The number of nitrogens with zero attached hydrogens (tertiary/aromatic N) is 3. The van der Waals surface area contributed by atoms with Gasteiger partial charge in [-0.25, -0.2) is 0 Å². The lowest BCUT2D eigenvalue weighted by molar-refractivity contribution is -0.912. The summed E-state index contributed by atoms with van der Waals surface area (Å²) in [6, 6.07) is 9.32. The zero-order valence-corrected chi connectivity index (χ0v) is 16.9. The fraction of sp³-hybridized carbons (Fsp3) is 0.391. The van der Waals surface area contributed by atoms with Crippen molar-refractivity contribution in [2.24, 2.45) is 7.05 Å². The summed E-state index contributed by atoms with van der Waals surface area (Å²) in [5.41, 5.74) is 8.77. The van der Waals surface area contributed by atoms with Crippen LogP contribution in [-0.2, 0) is 19.9 Å².